The Labute approximate surface area is 98.6 Å². The summed E-state index contributed by atoms with van der Waals surface area (Å²) in [6.45, 7) is 7.14. The zero-order chi connectivity index (χ0) is 9.35. The Morgan fingerprint density at radius 1 is 1.46 bits per heavy atom. The largest absolute Gasteiger partial charge is 1.00 e. The standard InChI is InChI=1S/C10H20NO.HI/c1-8-6-10(12-9(8)2)7-11(3,4)5;/h9-10H,1,6-7H2,2-5H3;1H/q+1;/p-1/t9-,10+;/m1./s1. The third-order valence-electron chi connectivity index (χ3n) is 2.21. The molecule has 0 aliphatic carbocycles. The summed E-state index contributed by atoms with van der Waals surface area (Å²) in [6, 6.07) is 0. The maximum Gasteiger partial charge on any atom is 0.111 e. The summed E-state index contributed by atoms with van der Waals surface area (Å²) in [4.78, 5) is 0. The summed E-state index contributed by atoms with van der Waals surface area (Å²) in [5.74, 6) is 0. The first-order valence-electron chi connectivity index (χ1n) is 4.52. The lowest BCUT2D eigenvalue weighted by Crippen LogP contribution is -3.00. The van der Waals surface area contributed by atoms with Crippen molar-refractivity contribution in [3.05, 3.63) is 12.2 Å². The second-order valence-electron chi connectivity index (χ2n) is 4.74. The number of hydrogen-bond acceptors (Lipinski definition) is 1. The summed E-state index contributed by atoms with van der Waals surface area (Å²) in [5.41, 5.74) is 1.24. The van der Waals surface area contributed by atoms with Crippen LogP contribution < -0.4 is 24.0 Å². The summed E-state index contributed by atoms with van der Waals surface area (Å²) in [6.07, 6.45) is 1.69. The van der Waals surface area contributed by atoms with Crippen LogP contribution in [0, 0.1) is 0 Å². The SMILES string of the molecule is C=C1C[C@@H](C[N+](C)(C)C)O[C@@H]1C.[I-]. The first kappa shape index (κ1) is 13.4. The molecular formula is C10H20INO. The molecular weight excluding hydrogens is 277 g/mol. The minimum absolute atomic E-state index is 0. The normalized spacial score (nSPS) is 28.8. The molecule has 1 saturated heterocycles. The van der Waals surface area contributed by atoms with E-state index in [0.29, 0.717) is 6.10 Å². The maximum absolute atomic E-state index is 5.73. The van der Waals surface area contributed by atoms with Crippen molar-refractivity contribution in [1.82, 2.24) is 0 Å². The molecule has 78 valence electrons. The first-order valence-corrected chi connectivity index (χ1v) is 4.52. The number of quaternary nitrogens is 1. The molecule has 1 aliphatic heterocycles. The van der Waals surface area contributed by atoms with Crippen LogP contribution in [-0.4, -0.2) is 44.4 Å². The summed E-state index contributed by atoms with van der Waals surface area (Å²) in [7, 11) is 6.57. The van der Waals surface area contributed by atoms with Gasteiger partial charge in [0.25, 0.3) is 0 Å². The molecule has 13 heavy (non-hydrogen) atoms. The summed E-state index contributed by atoms with van der Waals surface area (Å²) < 4.78 is 6.70. The molecule has 1 fully saturated rings. The van der Waals surface area contributed by atoms with Crippen LogP contribution in [0.2, 0.25) is 0 Å². The molecule has 3 heteroatoms. The van der Waals surface area contributed by atoms with Crippen LogP contribution in [0.15, 0.2) is 12.2 Å². The van der Waals surface area contributed by atoms with Crippen molar-refractivity contribution in [3.63, 3.8) is 0 Å². The van der Waals surface area contributed by atoms with Crippen molar-refractivity contribution in [2.75, 3.05) is 27.7 Å². The van der Waals surface area contributed by atoms with Gasteiger partial charge in [-0.2, -0.15) is 0 Å². The molecule has 1 heterocycles. The van der Waals surface area contributed by atoms with Crippen molar-refractivity contribution in [2.24, 2.45) is 0 Å². The first-order chi connectivity index (χ1) is 5.38. The zero-order valence-electron chi connectivity index (χ0n) is 9.01. The second-order valence-corrected chi connectivity index (χ2v) is 4.74. The molecule has 0 saturated carbocycles. The van der Waals surface area contributed by atoms with Gasteiger partial charge in [-0.25, -0.2) is 0 Å². The Morgan fingerprint density at radius 3 is 2.31 bits per heavy atom. The van der Waals surface area contributed by atoms with E-state index < -0.39 is 0 Å². The van der Waals surface area contributed by atoms with Crippen LogP contribution in [0.25, 0.3) is 0 Å². The number of ether oxygens (including phenoxy) is 1. The van der Waals surface area contributed by atoms with Gasteiger partial charge in [-0.15, -0.1) is 0 Å². The van der Waals surface area contributed by atoms with Crippen molar-refractivity contribution in [3.8, 4) is 0 Å². The highest BCUT2D eigenvalue weighted by Crippen LogP contribution is 2.24. The molecule has 0 aromatic rings. The third kappa shape index (κ3) is 4.42. The Hall–Kier alpha value is 0.390. The fraction of sp³-hybridized carbons (Fsp3) is 0.800. The lowest BCUT2D eigenvalue weighted by atomic mass is 10.1. The number of likely N-dealkylation sites (N-methyl/N-ethyl adjacent to an activating group) is 1. The molecule has 2 atom stereocenters. The molecule has 0 bridgehead atoms. The summed E-state index contributed by atoms with van der Waals surface area (Å²) >= 11 is 0. The van der Waals surface area contributed by atoms with Gasteiger partial charge < -0.3 is 33.2 Å². The molecule has 0 radical (unpaired) electrons. The Bertz CT molecular complexity index is 186. The van der Waals surface area contributed by atoms with Gasteiger partial charge in [0, 0.05) is 6.42 Å². The van der Waals surface area contributed by atoms with E-state index in [-0.39, 0.29) is 30.1 Å². The topological polar surface area (TPSA) is 9.23 Å². The smallest absolute Gasteiger partial charge is 0.111 e. The highest BCUT2D eigenvalue weighted by atomic mass is 127. The van der Waals surface area contributed by atoms with Gasteiger partial charge in [-0.3, -0.25) is 0 Å². The van der Waals surface area contributed by atoms with Gasteiger partial charge in [0.2, 0.25) is 0 Å². The van der Waals surface area contributed by atoms with Gasteiger partial charge in [-0.1, -0.05) is 6.58 Å². The Morgan fingerprint density at radius 2 is 2.00 bits per heavy atom. The molecule has 0 aromatic heterocycles. The monoisotopic (exact) mass is 297 g/mol. The highest BCUT2D eigenvalue weighted by Gasteiger charge is 2.29. The predicted octanol–water partition coefficient (Wildman–Crippen LogP) is -1.57. The van der Waals surface area contributed by atoms with Gasteiger partial charge in [0.05, 0.1) is 27.2 Å². The number of halogens is 1. The summed E-state index contributed by atoms with van der Waals surface area (Å²) in [5, 5.41) is 0. The zero-order valence-corrected chi connectivity index (χ0v) is 11.2. The van der Waals surface area contributed by atoms with Crippen molar-refractivity contribution < 1.29 is 33.2 Å². The average Bonchev–Trinajstić information content (AvgIpc) is 2.07. The minimum atomic E-state index is 0. The molecule has 0 aromatic carbocycles. The quantitative estimate of drug-likeness (QED) is 0.340. The molecule has 2 nitrogen and oxygen atoms in total. The van der Waals surface area contributed by atoms with E-state index >= 15 is 0 Å². The van der Waals surface area contributed by atoms with Crippen molar-refractivity contribution >= 4 is 0 Å². The molecule has 0 spiro atoms. The Balaban J connectivity index is 0.00000144. The lowest BCUT2D eigenvalue weighted by Gasteiger charge is -2.26. The van der Waals surface area contributed by atoms with Gasteiger partial charge in [0.1, 0.15) is 12.6 Å². The van der Waals surface area contributed by atoms with E-state index in [1.807, 2.05) is 0 Å². The number of hydrogen-bond donors (Lipinski definition) is 0. The third-order valence-corrected chi connectivity index (χ3v) is 2.21. The van der Waals surface area contributed by atoms with Crippen LogP contribution >= 0.6 is 0 Å². The van der Waals surface area contributed by atoms with Crippen LogP contribution in [0.5, 0.6) is 0 Å². The number of nitrogens with zero attached hydrogens (tertiary/aromatic N) is 1. The molecule has 0 unspecified atom stereocenters. The molecule has 0 amide bonds. The fourth-order valence-electron chi connectivity index (χ4n) is 1.61. The van der Waals surface area contributed by atoms with Crippen molar-refractivity contribution in [2.45, 2.75) is 25.6 Å². The van der Waals surface area contributed by atoms with Gasteiger partial charge in [-0.05, 0) is 12.5 Å². The van der Waals surface area contributed by atoms with Gasteiger partial charge in [0.15, 0.2) is 0 Å². The average molecular weight is 297 g/mol. The van der Waals surface area contributed by atoms with Crippen LogP contribution in [0.4, 0.5) is 0 Å². The van der Waals surface area contributed by atoms with Crippen LogP contribution in [-0.2, 0) is 4.74 Å². The predicted molar refractivity (Wildman–Crippen MR) is 51.0 cm³/mol. The molecule has 0 N–H and O–H groups in total. The van der Waals surface area contributed by atoms with Crippen LogP contribution in [0.3, 0.4) is 0 Å². The van der Waals surface area contributed by atoms with Crippen molar-refractivity contribution in [1.29, 1.82) is 0 Å². The van der Waals surface area contributed by atoms with E-state index in [9.17, 15) is 0 Å². The van der Waals surface area contributed by atoms with E-state index in [1.165, 1.54) is 5.57 Å². The van der Waals surface area contributed by atoms with E-state index in [2.05, 4.69) is 34.6 Å². The van der Waals surface area contributed by atoms with E-state index in [4.69, 9.17) is 4.74 Å². The fourth-order valence-corrected chi connectivity index (χ4v) is 1.61. The lowest BCUT2D eigenvalue weighted by molar-refractivity contribution is -0.873. The molecule has 1 aliphatic rings. The maximum atomic E-state index is 5.73. The van der Waals surface area contributed by atoms with E-state index in [1.54, 1.807) is 0 Å². The van der Waals surface area contributed by atoms with Crippen LogP contribution in [0.1, 0.15) is 13.3 Å². The number of rotatable bonds is 2. The Kier molecular flexibility index (Phi) is 4.90. The van der Waals surface area contributed by atoms with Gasteiger partial charge >= 0.3 is 0 Å². The minimum Gasteiger partial charge on any atom is -1.00 e. The van der Waals surface area contributed by atoms with E-state index in [0.717, 1.165) is 17.4 Å². The highest BCUT2D eigenvalue weighted by molar-refractivity contribution is 5.07. The molecule has 1 rings (SSSR count). The second kappa shape index (κ2) is 4.75.